The largest absolute Gasteiger partial charge is 0.497 e. The van der Waals surface area contributed by atoms with Gasteiger partial charge in [0.05, 0.1) is 7.11 Å². The fraction of sp³-hybridized carbons (Fsp3) is 0.600. The molecule has 100 valence electrons. The van der Waals surface area contributed by atoms with Crippen LogP contribution in [0, 0.1) is 12.8 Å². The molecule has 0 amide bonds. The Bertz CT molecular complexity index is 419. The highest BCUT2D eigenvalue weighted by atomic mass is 16.5. The van der Waals surface area contributed by atoms with Gasteiger partial charge in [-0.15, -0.1) is 0 Å². The third kappa shape index (κ3) is 2.32. The molecule has 1 saturated heterocycles. The Morgan fingerprint density at radius 3 is 2.72 bits per heavy atom. The molecule has 1 fully saturated rings. The van der Waals surface area contributed by atoms with E-state index in [-0.39, 0.29) is 0 Å². The van der Waals surface area contributed by atoms with Gasteiger partial charge in [0.15, 0.2) is 0 Å². The lowest BCUT2D eigenvalue weighted by Crippen LogP contribution is -2.52. The number of anilines is 1. The number of hydrogen-bond donors (Lipinski definition) is 1. The van der Waals surface area contributed by atoms with Gasteiger partial charge in [0.25, 0.3) is 0 Å². The molecular weight excluding hydrogens is 224 g/mol. The Morgan fingerprint density at radius 1 is 1.33 bits per heavy atom. The lowest BCUT2D eigenvalue weighted by atomic mass is 9.87. The van der Waals surface area contributed by atoms with Crippen LogP contribution in [0.1, 0.15) is 25.8 Å². The summed E-state index contributed by atoms with van der Waals surface area (Å²) in [5, 5.41) is 0. The number of rotatable bonds is 2. The first-order valence-electron chi connectivity index (χ1n) is 6.71. The minimum Gasteiger partial charge on any atom is -0.497 e. The van der Waals surface area contributed by atoms with E-state index in [4.69, 9.17) is 10.5 Å². The Morgan fingerprint density at radius 2 is 2.06 bits per heavy atom. The lowest BCUT2D eigenvalue weighted by Gasteiger charge is -2.43. The first-order chi connectivity index (χ1) is 8.54. The summed E-state index contributed by atoms with van der Waals surface area (Å²) >= 11 is 0. The third-order valence-corrected chi connectivity index (χ3v) is 4.36. The molecule has 3 atom stereocenters. The molecule has 3 unspecified atom stereocenters. The Kier molecular flexibility index (Phi) is 3.81. The van der Waals surface area contributed by atoms with E-state index in [2.05, 4.69) is 37.8 Å². The van der Waals surface area contributed by atoms with E-state index in [0.717, 1.165) is 18.7 Å². The summed E-state index contributed by atoms with van der Waals surface area (Å²) in [5.74, 6) is 1.44. The Balaban J connectivity index is 2.30. The number of piperidine rings is 1. The molecule has 2 N–H and O–H groups in total. The van der Waals surface area contributed by atoms with Crippen LogP contribution < -0.4 is 15.4 Å². The molecule has 3 heteroatoms. The predicted octanol–water partition coefficient (Wildman–Crippen LogP) is 2.57. The summed E-state index contributed by atoms with van der Waals surface area (Å²) in [6.07, 6.45) is 1.06. The van der Waals surface area contributed by atoms with Gasteiger partial charge < -0.3 is 15.4 Å². The van der Waals surface area contributed by atoms with Gasteiger partial charge in [0.2, 0.25) is 0 Å². The summed E-state index contributed by atoms with van der Waals surface area (Å²) in [5.41, 5.74) is 8.73. The number of ether oxygens (including phenoxy) is 1. The van der Waals surface area contributed by atoms with Crippen LogP contribution in [0.3, 0.4) is 0 Å². The van der Waals surface area contributed by atoms with E-state index in [9.17, 15) is 0 Å². The van der Waals surface area contributed by atoms with Crippen molar-refractivity contribution in [1.82, 2.24) is 0 Å². The van der Waals surface area contributed by atoms with Crippen molar-refractivity contribution in [2.75, 3.05) is 18.6 Å². The van der Waals surface area contributed by atoms with Crippen LogP contribution in [0.5, 0.6) is 5.75 Å². The van der Waals surface area contributed by atoms with Crippen LogP contribution in [-0.2, 0) is 0 Å². The van der Waals surface area contributed by atoms with Crippen LogP contribution in [-0.4, -0.2) is 25.7 Å². The molecule has 0 radical (unpaired) electrons. The van der Waals surface area contributed by atoms with Crippen molar-refractivity contribution in [3.05, 3.63) is 23.8 Å². The summed E-state index contributed by atoms with van der Waals surface area (Å²) < 4.78 is 5.33. The molecule has 0 bridgehead atoms. The van der Waals surface area contributed by atoms with Crippen molar-refractivity contribution in [3.8, 4) is 5.75 Å². The maximum Gasteiger partial charge on any atom is 0.120 e. The van der Waals surface area contributed by atoms with E-state index in [1.807, 2.05) is 6.07 Å². The molecule has 0 aliphatic carbocycles. The number of methoxy groups -OCH3 is 1. The molecule has 18 heavy (non-hydrogen) atoms. The minimum absolute atomic E-state index is 0.321. The zero-order valence-corrected chi connectivity index (χ0v) is 11.8. The summed E-state index contributed by atoms with van der Waals surface area (Å²) in [7, 11) is 1.71. The first kappa shape index (κ1) is 13.2. The van der Waals surface area contributed by atoms with Crippen LogP contribution in [0.25, 0.3) is 0 Å². The second-order valence-electron chi connectivity index (χ2n) is 5.40. The average molecular weight is 248 g/mol. The molecule has 3 nitrogen and oxygen atoms in total. The standard InChI is InChI=1S/C15H24N2O/c1-10-5-6-13(18-4)9-15(10)17-8-7-14(16)11(2)12(17)3/h5-6,9,11-12,14H,7-8,16H2,1-4H3. The van der Waals surface area contributed by atoms with E-state index in [1.165, 1.54) is 11.3 Å². The smallest absolute Gasteiger partial charge is 0.120 e. The van der Waals surface area contributed by atoms with Gasteiger partial charge >= 0.3 is 0 Å². The Hall–Kier alpha value is -1.22. The van der Waals surface area contributed by atoms with Crippen LogP contribution >= 0.6 is 0 Å². The normalized spacial score (nSPS) is 28.3. The van der Waals surface area contributed by atoms with E-state index < -0.39 is 0 Å². The van der Waals surface area contributed by atoms with Gasteiger partial charge in [-0.1, -0.05) is 13.0 Å². The van der Waals surface area contributed by atoms with Gasteiger partial charge in [0, 0.05) is 30.4 Å². The number of hydrogen-bond acceptors (Lipinski definition) is 3. The molecule has 1 aromatic rings. The van der Waals surface area contributed by atoms with Gasteiger partial charge in [0.1, 0.15) is 5.75 Å². The monoisotopic (exact) mass is 248 g/mol. The fourth-order valence-electron chi connectivity index (χ4n) is 2.76. The number of benzene rings is 1. The van der Waals surface area contributed by atoms with Crippen molar-refractivity contribution in [3.63, 3.8) is 0 Å². The lowest BCUT2D eigenvalue weighted by molar-refractivity contribution is 0.315. The summed E-state index contributed by atoms with van der Waals surface area (Å²) in [6.45, 7) is 7.70. The topological polar surface area (TPSA) is 38.5 Å². The third-order valence-electron chi connectivity index (χ3n) is 4.36. The van der Waals surface area contributed by atoms with Crippen LogP contribution in [0.2, 0.25) is 0 Å². The van der Waals surface area contributed by atoms with Crippen molar-refractivity contribution < 1.29 is 4.74 Å². The molecule has 1 aliphatic heterocycles. The van der Waals surface area contributed by atoms with Gasteiger partial charge in [-0.2, -0.15) is 0 Å². The maximum atomic E-state index is 6.15. The number of nitrogens with zero attached hydrogens (tertiary/aromatic N) is 1. The van der Waals surface area contributed by atoms with Gasteiger partial charge in [-0.05, 0) is 37.8 Å². The molecular formula is C15H24N2O. The molecule has 0 saturated carbocycles. The van der Waals surface area contributed by atoms with Gasteiger partial charge in [-0.3, -0.25) is 0 Å². The highest BCUT2D eigenvalue weighted by Crippen LogP contribution is 2.32. The molecule has 0 aromatic heterocycles. The molecule has 0 spiro atoms. The molecule has 1 aliphatic rings. The zero-order chi connectivity index (χ0) is 13.3. The number of aryl methyl sites for hydroxylation is 1. The van der Waals surface area contributed by atoms with Crippen molar-refractivity contribution >= 4 is 5.69 Å². The minimum atomic E-state index is 0.321. The predicted molar refractivity (Wildman–Crippen MR) is 76.3 cm³/mol. The summed E-state index contributed by atoms with van der Waals surface area (Å²) in [6, 6.07) is 7.07. The quantitative estimate of drug-likeness (QED) is 0.874. The van der Waals surface area contributed by atoms with Gasteiger partial charge in [-0.25, -0.2) is 0 Å². The van der Waals surface area contributed by atoms with Crippen molar-refractivity contribution in [1.29, 1.82) is 0 Å². The summed E-state index contributed by atoms with van der Waals surface area (Å²) in [4.78, 5) is 2.46. The van der Waals surface area contributed by atoms with E-state index in [0.29, 0.717) is 18.0 Å². The average Bonchev–Trinajstić information content (AvgIpc) is 2.37. The molecule has 1 aromatic carbocycles. The highest BCUT2D eigenvalue weighted by Gasteiger charge is 2.31. The zero-order valence-electron chi connectivity index (χ0n) is 11.8. The Labute approximate surface area is 110 Å². The maximum absolute atomic E-state index is 6.15. The SMILES string of the molecule is COc1ccc(C)c(N2CCC(N)C(C)C2C)c1. The van der Waals surface area contributed by atoms with Crippen molar-refractivity contribution in [2.24, 2.45) is 11.7 Å². The highest BCUT2D eigenvalue weighted by molar-refractivity contribution is 5.57. The van der Waals surface area contributed by atoms with Crippen molar-refractivity contribution in [2.45, 2.75) is 39.3 Å². The second kappa shape index (κ2) is 5.19. The van der Waals surface area contributed by atoms with E-state index >= 15 is 0 Å². The second-order valence-corrected chi connectivity index (χ2v) is 5.40. The van der Waals surface area contributed by atoms with Crippen LogP contribution in [0.4, 0.5) is 5.69 Å². The first-order valence-corrected chi connectivity index (χ1v) is 6.71. The fourth-order valence-corrected chi connectivity index (χ4v) is 2.76. The number of nitrogens with two attached hydrogens (primary N) is 1. The van der Waals surface area contributed by atoms with Crippen LogP contribution in [0.15, 0.2) is 18.2 Å². The van der Waals surface area contributed by atoms with E-state index in [1.54, 1.807) is 7.11 Å². The molecule has 2 rings (SSSR count). The molecule has 1 heterocycles.